The first-order valence-electron chi connectivity index (χ1n) is 8.32. The maximum Gasteiger partial charge on any atom is 0.348 e. The zero-order valence-electron chi connectivity index (χ0n) is 15.3. The van der Waals surface area contributed by atoms with Crippen molar-refractivity contribution in [2.24, 2.45) is 0 Å². The topological polar surface area (TPSA) is 79.2 Å². The molecule has 0 aliphatic heterocycles. The number of hydrogen-bond acceptors (Lipinski definition) is 7. The molecule has 8 heteroatoms. The van der Waals surface area contributed by atoms with Gasteiger partial charge in [-0.15, -0.1) is 23.1 Å². The normalized spacial score (nSPS) is 10.3. The Morgan fingerprint density at radius 1 is 1.26 bits per heavy atom. The summed E-state index contributed by atoms with van der Waals surface area (Å²) in [5.74, 6) is 0.0614. The number of carbonyl (C=O) groups excluding carboxylic acids is 2. The second-order valence-corrected chi connectivity index (χ2v) is 8.57. The van der Waals surface area contributed by atoms with Crippen LogP contribution in [0.4, 0.5) is 5.00 Å². The molecule has 1 heterocycles. The summed E-state index contributed by atoms with van der Waals surface area (Å²) in [6, 6.07) is 8.15. The van der Waals surface area contributed by atoms with Gasteiger partial charge >= 0.3 is 5.97 Å². The molecule has 2 rings (SSSR count). The SMILES string of the molecule is CCOC(=O)c1sc(NC(=O)CCSc2ccc(C)cc2)c(SC#N)c1C. The highest BCUT2D eigenvalue weighted by molar-refractivity contribution is 8.04. The minimum absolute atomic E-state index is 0.147. The van der Waals surface area contributed by atoms with Gasteiger partial charge in [0.15, 0.2) is 0 Å². The number of thioether (sulfide) groups is 2. The van der Waals surface area contributed by atoms with Crippen LogP contribution in [-0.2, 0) is 9.53 Å². The summed E-state index contributed by atoms with van der Waals surface area (Å²) in [6.45, 7) is 5.80. The van der Waals surface area contributed by atoms with Crippen molar-refractivity contribution >= 4 is 51.7 Å². The maximum absolute atomic E-state index is 12.3. The van der Waals surface area contributed by atoms with Crippen LogP contribution in [0.25, 0.3) is 0 Å². The number of aryl methyl sites for hydroxylation is 1. The Labute approximate surface area is 171 Å². The molecule has 27 heavy (non-hydrogen) atoms. The van der Waals surface area contributed by atoms with Crippen LogP contribution >= 0.6 is 34.9 Å². The van der Waals surface area contributed by atoms with Crippen molar-refractivity contribution in [3.63, 3.8) is 0 Å². The molecule has 2 aromatic rings. The summed E-state index contributed by atoms with van der Waals surface area (Å²) < 4.78 is 5.05. The number of thiophene rings is 1. The Balaban J connectivity index is 2.01. The molecule has 0 aliphatic rings. The van der Waals surface area contributed by atoms with Crippen molar-refractivity contribution in [3.05, 3.63) is 40.3 Å². The Morgan fingerprint density at radius 2 is 1.96 bits per heavy atom. The van der Waals surface area contributed by atoms with Crippen LogP contribution in [-0.4, -0.2) is 24.2 Å². The molecule has 142 valence electrons. The van der Waals surface area contributed by atoms with Crippen LogP contribution in [0, 0.1) is 24.5 Å². The van der Waals surface area contributed by atoms with Gasteiger partial charge in [-0.1, -0.05) is 17.7 Å². The Bertz CT molecular complexity index is 854. The number of carbonyl (C=O) groups is 2. The molecule has 0 atom stereocenters. The Morgan fingerprint density at radius 3 is 2.59 bits per heavy atom. The van der Waals surface area contributed by atoms with E-state index in [0.29, 0.717) is 32.5 Å². The van der Waals surface area contributed by atoms with Gasteiger partial charge in [0.05, 0.1) is 11.5 Å². The summed E-state index contributed by atoms with van der Waals surface area (Å²) in [7, 11) is 0. The summed E-state index contributed by atoms with van der Waals surface area (Å²) >= 11 is 3.70. The second-order valence-electron chi connectivity index (χ2n) is 5.59. The minimum atomic E-state index is -0.435. The number of amides is 1. The van der Waals surface area contributed by atoms with E-state index >= 15 is 0 Å². The zero-order chi connectivity index (χ0) is 19.8. The van der Waals surface area contributed by atoms with Gasteiger partial charge in [0.1, 0.15) is 15.3 Å². The average molecular weight is 421 g/mol. The smallest absolute Gasteiger partial charge is 0.348 e. The van der Waals surface area contributed by atoms with E-state index in [1.165, 1.54) is 5.56 Å². The molecule has 1 N–H and O–H groups in total. The van der Waals surface area contributed by atoms with Crippen LogP contribution in [0.3, 0.4) is 0 Å². The minimum Gasteiger partial charge on any atom is -0.462 e. The van der Waals surface area contributed by atoms with E-state index in [1.807, 2.05) is 36.6 Å². The predicted octanol–water partition coefficient (Wildman–Crippen LogP) is 5.24. The summed E-state index contributed by atoms with van der Waals surface area (Å²) in [6.07, 6.45) is 0.334. The van der Waals surface area contributed by atoms with Crippen LogP contribution in [0.15, 0.2) is 34.1 Å². The van der Waals surface area contributed by atoms with Gasteiger partial charge in [0, 0.05) is 17.1 Å². The first kappa shape index (κ1) is 21.4. The third-order valence-corrected chi connectivity index (χ3v) is 6.71. The van der Waals surface area contributed by atoms with Crippen LogP contribution in [0.5, 0.6) is 0 Å². The highest BCUT2D eigenvalue weighted by Crippen LogP contribution is 2.40. The third-order valence-electron chi connectivity index (χ3n) is 3.57. The number of esters is 1. The van der Waals surface area contributed by atoms with Crippen molar-refractivity contribution < 1.29 is 14.3 Å². The number of anilines is 1. The van der Waals surface area contributed by atoms with E-state index in [2.05, 4.69) is 5.32 Å². The van der Waals surface area contributed by atoms with Gasteiger partial charge < -0.3 is 10.1 Å². The zero-order valence-corrected chi connectivity index (χ0v) is 17.8. The molecule has 0 saturated heterocycles. The number of nitrogens with one attached hydrogen (secondary N) is 1. The van der Waals surface area contributed by atoms with Crippen molar-refractivity contribution in [1.29, 1.82) is 5.26 Å². The fourth-order valence-corrected chi connectivity index (χ4v) is 4.89. The van der Waals surface area contributed by atoms with Crippen molar-refractivity contribution in [2.75, 3.05) is 17.7 Å². The van der Waals surface area contributed by atoms with Gasteiger partial charge in [-0.25, -0.2) is 4.79 Å². The number of thiocyanates is 1. The lowest BCUT2D eigenvalue weighted by molar-refractivity contribution is -0.115. The summed E-state index contributed by atoms with van der Waals surface area (Å²) in [4.78, 5) is 26.5. The lowest BCUT2D eigenvalue weighted by Gasteiger charge is -2.05. The molecule has 0 bridgehead atoms. The van der Waals surface area contributed by atoms with E-state index in [-0.39, 0.29) is 12.5 Å². The Hall–Kier alpha value is -1.95. The third kappa shape index (κ3) is 6.03. The van der Waals surface area contributed by atoms with Gasteiger partial charge in [0.25, 0.3) is 0 Å². The lowest BCUT2D eigenvalue weighted by atomic mass is 10.2. The van der Waals surface area contributed by atoms with Crippen LogP contribution in [0.2, 0.25) is 0 Å². The monoisotopic (exact) mass is 420 g/mol. The number of benzene rings is 1. The lowest BCUT2D eigenvalue weighted by Crippen LogP contribution is -2.11. The molecule has 1 amide bonds. The largest absolute Gasteiger partial charge is 0.462 e. The molecule has 0 unspecified atom stereocenters. The molecule has 1 aromatic heterocycles. The highest BCUT2D eigenvalue weighted by atomic mass is 32.2. The van der Waals surface area contributed by atoms with Gasteiger partial charge in [-0.3, -0.25) is 4.79 Å². The summed E-state index contributed by atoms with van der Waals surface area (Å²) in [5, 5.41) is 14.4. The fraction of sp³-hybridized carbons (Fsp3) is 0.316. The fourth-order valence-electron chi connectivity index (χ4n) is 2.23. The summed E-state index contributed by atoms with van der Waals surface area (Å²) in [5.41, 5.74) is 1.86. The molecule has 1 aromatic carbocycles. The van der Waals surface area contributed by atoms with Gasteiger partial charge in [0.2, 0.25) is 5.91 Å². The molecule has 0 spiro atoms. The maximum atomic E-state index is 12.3. The average Bonchev–Trinajstić information content (AvgIpc) is 2.93. The van der Waals surface area contributed by atoms with E-state index in [1.54, 1.807) is 25.6 Å². The predicted molar refractivity (Wildman–Crippen MR) is 112 cm³/mol. The molecule has 0 radical (unpaired) electrons. The quantitative estimate of drug-likeness (QED) is 0.358. The van der Waals surface area contributed by atoms with Gasteiger partial charge in [-0.2, -0.15) is 5.26 Å². The van der Waals surface area contributed by atoms with Crippen molar-refractivity contribution in [1.82, 2.24) is 0 Å². The standard InChI is InChI=1S/C19H20N2O3S3/c1-4-24-19(23)17-13(3)16(26-11-20)18(27-17)21-15(22)9-10-25-14-7-5-12(2)6-8-14/h5-8H,4,9-10H2,1-3H3,(H,21,22). The second kappa shape index (κ2) is 10.4. The first-order valence-corrected chi connectivity index (χ1v) is 10.9. The number of hydrogen-bond donors (Lipinski definition) is 1. The van der Waals surface area contributed by atoms with Crippen molar-refractivity contribution in [2.45, 2.75) is 37.0 Å². The van der Waals surface area contributed by atoms with Gasteiger partial charge in [-0.05, 0) is 50.2 Å². The van der Waals surface area contributed by atoms with E-state index in [9.17, 15) is 9.59 Å². The highest BCUT2D eigenvalue weighted by Gasteiger charge is 2.22. The molecule has 5 nitrogen and oxygen atoms in total. The van der Waals surface area contributed by atoms with Crippen LogP contribution in [0.1, 0.15) is 34.1 Å². The van der Waals surface area contributed by atoms with Crippen molar-refractivity contribution in [3.8, 4) is 5.40 Å². The first-order chi connectivity index (χ1) is 13.0. The number of ether oxygens (including phenoxy) is 1. The van der Waals surface area contributed by atoms with E-state index < -0.39 is 5.97 Å². The molecular weight excluding hydrogens is 400 g/mol. The molecular formula is C19H20N2O3S3. The Kier molecular flexibility index (Phi) is 8.23. The van der Waals surface area contributed by atoms with Crippen LogP contribution < -0.4 is 5.32 Å². The molecule has 0 aliphatic carbocycles. The number of nitriles is 1. The van der Waals surface area contributed by atoms with E-state index in [0.717, 1.165) is 28.0 Å². The number of nitrogens with zero attached hydrogens (tertiary/aromatic N) is 1. The molecule has 0 saturated carbocycles. The number of rotatable bonds is 8. The molecule has 0 fully saturated rings. The van der Waals surface area contributed by atoms with E-state index in [4.69, 9.17) is 10.00 Å².